The molecule has 0 aromatic heterocycles. The molecule has 2 aliphatic carbocycles. The smallest absolute Gasteiger partial charge is 0.00761 e. The maximum atomic E-state index is 3.19. The van der Waals surface area contributed by atoms with E-state index in [9.17, 15) is 0 Å². The molecule has 0 N–H and O–H groups in total. The van der Waals surface area contributed by atoms with Gasteiger partial charge in [0.1, 0.15) is 0 Å². The van der Waals surface area contributed by atoms with Crippen LogP contribution in [0.2, 0.25) is 0 Å². The fraction of sp³-hybridized carbons (Fsp3) is 0.0588. The van der Waals surface area contributed by atoms with Gasteiger partial charge in [0.2, 0.25) is 0 Å². The maximum Gasteiger partial charge on any atom is -0.00761 e. The van der Waals surface area contributed by atoms with Crippen LogP contribution in [-0.4, -0.2) is 0 Å². The second-order valence-corrected chi connectivity index (χ2v) is 4.54. The molecule has 79 valence electrons. The highest BCUT2D eigenvalue weighted by Gasteiger charge is 2.08. The molecule has 2 aromatic rings. The van der Waals surface area contributed by atoms with Crippen molar-refractivity contribution in [3.05, 3.63) is 64.1 Å². The Morgan fingerprint density at radius 3 is 2.82 bits per heavy atom. The van der Waals surface area contributed by atoms with E-state index in [1.165, 1.54) is 32.3 Å². The Balaban J connectivity index is 2.23. The molecule has 0 nitrogen and oxygen atoms in total. The van der Waals surface area contributed by atoms with Crippen LogP contribution in [0.25, 0.3) is 29.0 Å². The lowest BCUT2D eigenvalue weighted by Crippen LogP contribution is -2.13. The third kappa shape index (κ3) is 1.18. The first kappa shape index (κ1) is 9.00. The largest absolute Gasteiger partial charge is 0.0722 e. The van der Waals surface area contributed by atoms with Crippen molar-refractivity contribution in [2.45, 2.75) is 6.42 Å². The van der Waals surface area contributed by atoms with Crippen molar-refractivity contribution in [3.8, 4) is 0 Å². The quantitative estimate of drug-likeness (QED) is 0.633. The van der Waals surface area contributed by atoms with Crippen LogP contribution < -0.4 is 10.4 Å². The Morgan fingerprint density at radius 1 is 0.941 bits per heavy atom. The van der Waals surface area contributed by atoms with Gasteiger partial charge in [-0.15, -0.1) is 0 Å². The summed E-state index contributed by atoms with van der Waals surface area (Å²) in [6.45, 7) is 0. The minimum absolute atomic E-state index is 0.995. The van der Waals surface area contributed by atoms with Gasteiger partial charge in [-0.25, -0.2) is 0 Å². The predicted molar refractivity (Wildman–Crippen MR) is 72.7 cm³/mol. The molecule has 1 radical (unpaired) electrons. The Labute approximate surface area is 99.9 Å². The molecule has 0 heterocycles. The zero-order valence-electron chi connectivity index (χ0n) is 9.40. The van der Waals surface area contributed by atoms with Crippen molar-refractivity contribution in [2.75, 3.05) is 0 Å². The Hall–Kier alpha value is -2.08. The Morgan fingerprint density at radius 2 is 1.82 bits per heavy atom. The van der Waals surface area contributed by atoms with Crippen molar-refractivity contribution in [1.82, 2.24) is 0 Å². The predicted octanol–water partition coefficient (Wildman–Crippen LogP) is 2.34. The molecule has 2 aromatic carbocycles. The van der Waals surface area contributed by atoms with Gasteiger partial charge in [0.15, 0.2) is 0 Å². The Bertz CT molecular complexity index is 802. The second kappa shape index (κ2) is 3.21. The van der Waals surface area contributed by atoms with E-state index in [2.05, 4.69) is 60.7 Å². The molecule has 0 fully saturated rings. The zero-order chi connectivity index (χ0) is 11.2. The topological polar surface area (TPSA) is 0 Å². The van der Waals surface area contributed by atoms with Crippen molar-refractivity contribution in [2.24, 2.45) is 0 Å². The summed E-state index contributed by atoms with van der Waals surface area (Å²) in [5, 5.41) is 5.40. The molecule has 0 atom stereocenters. The SMILES string of the molecule is [C]1=CCc2c(ccc3c4c(ccc23)=CC=C4)=C1. The van der Waals surface area contributed by atoms with Gasteiger partial charge in [-0.1, -0.05) is 48.6 Å². The molecule has 2 aliphatic rings. The van der Waals surface area contributed by atoms with Crippen LogP contribution >= 0.6 is 0 Å². The van der Waals surface area contributed by atoms with Crippen LogP contribution in [0, 0.1) is 6.08 Å². The summed E-state index contributed by atoms with van der Waals surface area (Å²) in [5.41, 5.74) is 2.80. The molecule has 0 bridgehead atoms. The summed E-state index contributed by atoms with van der Waals surface area (Å²) in [6.07, 6.45) is 14.9. The number of benzene rings is 2. The van der Waals surface area contributed by atoms with Crippen LogP contribution in [-0.2, 0) is 6.42 Å². The Kier molecular flexibility index (Phi) is 1.70. The first-order valence-electron chi connectivity index (χ1n) is 5.94. The summed E-state index contributed by atoms with van der Waals surface area (Å²) in [6, 6.07) is 8.92. The van der Waals surface area contributed by atoms with Crippen LogP contribution in [0.3, 0.4) is 0 Å². The van der Waals surface area contributed by atoms with E-state index in [1.807, 2.05) is 0 Å². The molecule has 0 saturated carbocycles. The lowest BCUT2D eigenvalue weighted by molar-refractivity contribution is 1.25. The van der Waals surface area contributed by atoms with Crippen LogP contribution in [0.15, 0.2) is 36.4 Å². The summed E-state index contributed by atoms with van der Waals surface area (Å²) in [5.74, 6) is 0. The minimum Gasteiger partial charge on any atom is -0.0722 e. The van der Waals surface area contributed by atoms with Gasteiger partial charge in [-0.05, 0) is 50.9 Å². The van der Waals surface area contributed by atoms with Crippen molar-refractivity contribution in [3.63, 3.8) is 0 Å². The number of rotatable bonds is 0. The van der Waals surface area contributed by atoms with Gasteiger partial charge in [-0.3, -0.25) is 0 Å². The molecule has 17 heavy (non-hydrogen) atoms. The lowest BCUT2D eigenvalue weighted by atomic mass is 9.94. The zero-order valence-corrected chi connectivity index (χ0v) is 9.40. The minimum atomic E-state index is 0.995. The average molecular weight is 215 g/mol. The molecule has 0 spiro atoms. The second-order valence-electron chi connectivity index (χ2n) is 4.54. The summed E-state index contributed by atoms with van der Waals surface area (Å²) in [7, 11) is 0. The first-order chi connectivity index (χ1) is 8.43. The molecule has 0 aliphatic heterocycles. The van der Waals surface area contributed by atoms with Gasteiger partial charge in [0.25, 0.3) is 0 Å². The molecule has 0 amide bonds. The molecule has 0 unspecified atom stereocenters. The van der Waals surface area contributed by atoms with Crippen LogP contribution in [0.4, 0.5) is 0 Å². The summed E-state index contributed by atoms with van der Waals surface area (Å²) in [4.78, 5) is 0. The van der Waals surface area contributed by atoms with E-state index in [0.717, 1.165) is 6.42 Å². The molecule has 4 rings (SSSR count). The molecule has 0 heteroatoms. The molecular formula is C17H11. The van der Waals surface area contributed by atoms with E-state index in [-0.39, 0.29) is 0 Å². The van der Waals surface area contributed by atoms with Crippen molar-refractivity contribution in [1.29, 1.82) is 0 Å². The lowest BCUT2D eigenvalue weighted by Gasteiger charge is -2.10. The third-order valence-corrected chi connectivity index (χ3v) is 3.63. The molecular weight excluding hydrogens is 204 g/mol. The van der Waals surface area contributed by atoms with Gasteiger partial charge in [0, 0.05) is 0 Å². The highest BCUT2D eigenvalue weighted by Crippen LogP contribution is 2.22. The average Bonchev–Trinajstić information content (AvgIpc) is 2.86. The number of allylic oxidation sites excluding steroid dienone is 3. The van der Waals surface area contributed by atoms with E-state index in [0.29, 0.717) is 0 Å². The number of fused-ring (bicyclic) bond motifs is 5. The van der Waals surface area contributed by atoms with Crippen molar-refractivity contribution >= 4 is 29.0 Å². The van der Waals surface area contributed by atoms with Gasteiger partial charge in [-0.2, -0.15) is 0 Å². The summed E-state index contributed by atoms with van der Waals surface area (Å²) < 4.78 is 0. The molecule has 0 saturated heterocycles. The summed E-state index contributed by atoms with van der Waals surface area (Å²) >= 11 is 0. The van der Waals surface area contributed by atoms with Crippen LogP contribution in [0.1, 0.15) is 11.1 Å². The van der Waals surface area contributed by atoms with Gasteiger partial charge >= 0.3 is 0 Å². The maximum absolute atomic E-state index is 3.19. The number of hydrogen-bond acceptors (Lipinski definition) is 0. The van der Waals surface area contributed by atoms with E-state index in [1.54, 1.807) is 0 Å². The van der Waals surface area contributed by atoms with Crippen molar-refractivity contribution < 1.29 is 0 Å². The van der Waals surface area contributed by atoms with Gasteiger partial charge < -0.3 is 0 Å². The standard InChI is InChI=1S/C17H11/c1-2-6-14-12(4-1)8-10-17-15-7-3-5-13(15)9-11-16(14)17/h2-5,7-11H,6H2. The number of hydrogen-bond donors (Lipinski definition) is 0. The fourth-order valence-electron chi connectivity index (χ4n) is 2.78. The van der Waals surface area contributed by atoms with E-state index >= 15 is 0 Å². The van der Waals surface area contributed by atoms with E-state index < -0.39 is 0 Å². The normalized spacial score (nSPS) is 15.3. The monoisotopic (exact) mass is 215 g/mol. The first-order valence-corrected chi connectivity index (χ1v) is 5.94. The highest BCUT2D eigenvalue weighted by atomic mass is 14.1. The fourth-order valence-corrected chi connectivity index (χ4v) is 2.78. The van der Waals surface area contributed by atoms with Gasteiger partial charge in [0.05, 0.1) is 0 Å². The highest BCUT2D eigenvalue weighted by molar-refractivity contribution is 5.95. The van der Waals surface area contributed by atoms with Crippen LogP contribution in [0.5, 0.6) is 0 Å². The third-order valence-electron chi connectivity index (χ3n) is 3.63. The van der Waals surface area contributed by atoms with E-state index in [4.69, 9.17) is 0 Å².